The van der Waals surface area contributed by atoms with E-state index in [2.05, 4.69) is 54.0 Å². The molecule has 3 unspecified atom stereocenters. The molecule has 0 heterocycles. The van der Waals surface area contributed by atoms with Crippen molar-refractivity contribution >= 4 is 15.9 Å². The van der Waals surface area contributed by atoms with E-state index in [0.717, 1.165) is 11.8 Å². The molecule has 0 nitrogen and oxygen atoms in total. The molecule has 1 aliphatic carbocycles. The van der Waals surface area contributed by atoms with Gasteiger partial charge >= 0.3 is 0 Å². The van der Waals surface area contributed by atoms with E-state index in [0.29, 0.717) is 4.83 Å². The molecule has 0 fully saturated rings. The molecule has 2 rings (SSSR count). The largest absolute Gasteiger partial charge is 0.0836 e. The molecule has 1 heteroatoms. The minimum Gasteiger partial charge on any atom is -0.0836 e. The molecule has 100 valence electrons. The molecular weight excluding hydrogens is 284 g/mol. The van der Waals surface area contributed by atoms with E-state index in [1.165, 1.54) is 38.5 Å². The van der Waals surface area contributed by atoms with Crippen LogP contribution in [0.3, 0.4) is 0 Å². The van der Waals surface area contributed by atoms with Crippen molar-refractivity contribution in [1.82, 2.24) is 0 Å². The second-order valence-corrected chi connectivity index (χ2v) is 6.87. The minimum absolute atomic E-state index is 0.565. The molecule has 3 atom stereocenters. The van der Waals surface area contributed by atoms with Crippen LogP contribution in [0, 0.1) is 11.8 Å². The van der Waals surface area contributed by atoms with Crippen molar-refractivity contribution in [3.63, 3.8) is 0 Å². The van der Waals surface area contributed by atoms with Crippen LogP contribution in [0.1, 0.15) is 61.9 Å². The van der Waals surface area contributed by atoms with Gasteiger partial charge in [0.1, 0.15) is 0 Å². The van der Waals surface area contributed by atoms with Gasteiger partial charge in [-0.3, -0.25) is 0 Å². The molecule has 0 saturated carbocycles. The standard InChI is InChI=1S/C17H25Br/c1-3-7-13(2)12-15-10-6-9-14-8-4-5-11-16(14)17(15)18/h4-5,8,11,13,15,17H,3,6-7,9-10,12H2,1-2H3. The van der Waals surface area contributed by atoms with Gasteiger partial charge in [-0.1, -0.05) is 66.9 Å². The van der Waals surface area contributed by atoms with Crippen LogP contribution in [-0.2, 0) is 6.42 Å². The molecule has 0 aromatic heterocycles. The summed E-state index contributed by atoms with van der Waals surface area (Å²) in [4.78, 5) is 0.565. The number of aryl methyl sites for hydroxylation is 1. The maximum Gasteiger partial charge on any atom is 0.0426 e. The lowest BCUT2D eigenvalue weighted by atomic mass is 9.86. The quantitative estimate of drug-likeness (QED) is 0.480. The SMILES string of the molecule is CCCC(C)CC1CCCc2ccccc2C1Br. The van der Waals surface area contributed by atoms with E-state index >= 15 is 0 Å². The van der Waals surface area contributed by atoms with Crippen molar-refractivity contribution in [2.45, 2.75) is 57.2 Å². The van der Waals surface area contributed by atoms with E-state index in [1.54, 1.807) is 11.1 Å². The van der Waals surface area contributed by atoms with Gasteiger partial charge in [-0.15, -0.1) is 0 Å². The Bertz CT molecular complexity index is 372. The summed E-state index contributed by atoms with van der Waals surface area (Å²) in [5, 5.41) is 0. The summed E-state index contributed by atoms with van der Waals surface area (Å²) in [6.45, 7) is 4.71. The highest BCUT2D eigenvalue weighted by molar-refractivity contribution is 9.09. The van der Waals surface area contributed by atoms with Crippen molar-refractivity contribution in [1.29, 1.82) is 0 Å². The number of hydrogen-bond donors (Lipinski definition) is 0. The zero-order chi connectivity index (χ0) is 13.0. The molecule has 0 saturated heterocycles. The molecule has 0 N–H and O–H groups in total. The first-order valence-electron chi connectivity index (χ1n) is 7.44. The van der Waals surface area contributed by atoms with Crippen LogP contribution in [-0.4, -0.2) is 0 Å². The van der Waals surface area contributed by atoms with Crippen molar-refractivity contribution in [2.24, 2.45) is 11.8 Å². The summed E-state index contributed by atoms with van der Waals surface area (Å²) in [6.07, 6.45) is 8.05. The van der Waals surface area contributed by atoms with Crippen molar-refractivity contribution < 1.29 is 0 Å². The minimum atomic E-state index is 0.565. The van der Waals surface area contributed by atoms with Crippen LogP contribution in [0.25, 0.3) is 0 Å². The Morgan fingerprint density at radius 1 is 1.33 bits per heavy atom. The zero-order valence-corrected chi connectivity index (χ0v) is 13.2. The Morgan fingerprint density at radius 2 is 2.11 bits per heavy atom. The van der Waals surface area contributed by atoms with Crippen LogP contribution in [0.4, 0.5) is 0 Å². The zero-order valence-electron chi connectivity index (χ0n) is 11.7. The first-order chi connectivity index (χ1) is 8.72. The van der Waals surface area contributed by atoms with Gasteiger partial charge in [0.15, 0.2) is 0 Å². The van der Waals surface area contributed by atoms with Gasteiger partial charge < -0.3 is 0 Å². The highest BCUT2D eigenvalue weighted by Gasteiger charge is 2.26. The van der Waals surface area contributed by atoms with E-state index < -0.39 is 0 Å². The van der Waals surface area contributed by atoms with Crippen LogP contribution >= 0.6 is 15.9 Å². The summed E-state index contributed by atoms with van der Waals surface area (Å²) in [5.41, 5.74) is 3.11. The molecule has 0 bridgehead atoms. The summed E-state index contributed by atoms with van der Waals surface area (Å²) >= 11 is 3.98. The van der Waals surface area contributed by atoms with E-state index in [9.17, 15) is 0 Å². The fraction of sp³-hybridized carbons (Fsp3) is 0.647. The molecular formula is C17H25Br. The molecule has 1 aliphatic rings. The maximum absolute atomic E-state index is 3.98. The lowest BCUT2D eigenvalue weighted by Crippen LogP contribution is -2.11. The predicted molar refractivity (Wildman–Crippen MR) is 83.2 cm³/mol. The Labute approximate surface area is 120 Å². The second kappa shape index (κ2) is 6.75. The van der Waals surface area contributed by atoms with Gasteiger partial charge in [-0.25, -0.2) is 0 Å². The molecule has 0 radical (unpaired) electrons. The van der Waals surface area contributed by atoms with Crippen molar-refractivity contribution in [2.75, 3.05) is 0 Å². The first kappa shape index (κ1) is 14.1. The molecule has 1 aromatic carbocycles. The molecule has 0 amide bonds. The Morgan fingerprint density at radius 3 is 2.89 bits per heavy atom. The number of alkyl halides is 1. The lowest BCUT2D eigenvalue weighted by Gasteiger charge is -2.24. The Hall–Kier alpha value is -0.300. The van der Waals surface area contributed by atoms with Crippen LogP contribution in [0.15, 0.2) is 24.3 Å². The maximum atomic E-state index is 3.98. The van der Waals surface area contributed by atoms with E-state index in [4.69, 9.17) is 0 Å². The van der Waals surface area contributed by atoms with Gasteiger partial charge in [0.25, 0.3) is 0 Å². The topological polar surface area (TPSA) is 0 Å². The average molecular weight is 309 g/mol. The van der Waals surface area contributed by atoms with Gasteiger partial charge in [-0.2, -0.15) is 0 Å². The predicted octanol–water partition coefficient (Wildman–Crippen LogP) is 5.90. The number of halogens is 1. The van der Waals surface area contributed by atoms with Crippen LogP contribution < -0.4 is 0 Å². The summed E-state index contributed by atoms with van der Waals surface area (Å²) in [6, 6.07) is 8.99. The van der Waals surface area contributed by atoms with Gasteiger partial charge in [-0.05, 0) is 48.6 Å². The monoisotopic (exact) mass is 308 g/mol. The van der Waals surface area contributed by atoms with Gasteiger partial charge in [0, 0.05) is 4.83 Å². The Balaban J connectivity index is 2.10. The van der Waals surface area contributed by atoms with Gasteiger partial charge in [0.2, 0.25) is 0 Å². The molecule has 18 heavy (non-hydrogen) atoms. The highest BCUT2D eigenvalue weighted by Crippen LogP contribution is 2.42. The summed E-state index contributed by atoms with van der Waals surface area (Å²) < 4.78 is 0. The number of rotatable bonds is 4. The number of hydrogen-bond acceptors (Lipinski definition) is 0. The van der Waals surface area contributed by atoms with Gasteiger partial charge in [0.05, 0.1) is 0 Å². The highest BCUT2D eigenvalue weighted by atomic mass is 79.9. The van der Waals surface area contributed by atoms with E-state index in [1.807, 2.05) is 0 Å². The lowest BCUT2D eigenvalue weighted by molar-refractivity contribution is 0.350. The van der Waals surface area contributed by atoms with Crippen LogP contribution in [0.5, 0.6) is 0 Å². The third-order valence-electron chi connectivity index (χ3n) is 4.27. The van der Waals surface area contributed by atoms with E-state index in [-0.39, 0.29) is 0 Å². The average Bonchev–Trinajstić information content (AvgIpc) is 2.51. The van der Waals surface area contributed by atoms with Crippen molar-refractivity contribution in [3.05, 3.63) is 35.4 Å². The smallest absolute Gasteiger partial charge is 0.0426 e. The third kappa shape index (κ3) is 3.38. The fourth-order valence-electron chi connectivity index (χ4n) is 3.35. The third-order valence-corrected chi connectivity index (χ3v) is 5.51. The number of fused-ring (bicyclic) bond motifs is 1. The normalized spacial score (nSPS) is 25.3. The molecule has 0 aliphatic heterocycles. The molecule has 1 aromatic rings. The molecule has 0 spiro atoms. The second-order valence-electron chi connectivity index (χ2n) is 5.88. The summed E-state index contributed by atoms with van der Waals surface area (Å²) in [7, 11) is 0. The van der Waals surface area contributed by atoms with Crippen LogP contribution in [0.2, 0.25) is 0 Å². The number of benzene rings is 1. The Kier molecular flexibility index (Phi) is 5.29. The van der Waals surface area contributed by atoms with Crippen molar-refractivity contribution in [3.8, 4) is 0 Å². The summed E-state index contributed by atoms with van der Waals surface area (Å²) in [5.74, 6) is 1.68. The fourth-order valence-corrected chi connectivity index (χ4v) is 4.28. The first-order valence-corrected chi connectivity index (χ1v) is 8.35.